The first kappa shape index (κ1) is 9.76. The van der Waals surface area contributed by atoms with E-state index in [4.69, 9.17) is 0 Å². The maximum absolute atomic E-state index is 2.34. The van der Waals surface area contributed by atoms with Crippen LogP contribution in [0.2, 0.25) is 0 Å². The van der Waals surface area contributed by atoms with Gasteiger partial charge in [-0.2, -0.15) is 0 Å². The van der Waals surface area contributed by atoms with E-state index in [1.54, 1.807) is 5.56 Å². The average molecular weight is 188 g/mol. The SMILES string of the molecule is CC(C)(C)CC1(c2ccccc2)CC1. The zero-order valence-electron chi connectivity index (χ0n) is 9.51. The van der Waals surface area contributed by atoms with Crippen LogP contribution in [0.3, 0.4) is 0 Å². The molecule has 1 fully saturated rings. The van der Waals surface area contributed by atoms with Gasteiger partial charge in [-0.1, -0.05) is 51.1 Å². The fourth-order valence-corrected chi connectivity index (χ4v) is 2.53. The summed E-state index contributed by atoms with van der Waals surface area (Å²) in [5.74, 6) is 0. The fraction of sp³-hybridized carbons (Fsp3) is 0.571. The van der Waals surface area contributed by atoms with Gasteiger partial charge < -0.3 is 0 Å². The van der Waals surface area contributed by atoms with Gasteiger partial charge in [-0.05, 0) is 35.7 Å². The molecule has 0 unspecified atom stereocenters. The highest BCUT2D eigenvalue weighted by atomic mass is 14.5. The summed E-state index contributed by atoms with van der Waals surface area (Å²) in [6.45, 7) is 7.03. The number of rotatable bonds is 2. The molecule has 2 rings (SSSR count). The number of hydrogen-bond acceptors (Lipinski definition) is 0. The van der Waals surface area contributed by atoms with Crippen LogP contribution in [0.25, 0.3) is 0 Å². The smallest absolute Gasteiger partial charge is 0.00414 e. The van der Waals surface area contributed by atoms with Crippen molar-refractivity contribution in [3.05, 3.63) is 35.9 Å². The van der Waals surface area contributed by atoms with E-state index in [0.29, 0.717) is 10.8 Å². The van der Waals surface area contributed by atoms with Crippen molar-refractivity contribution in [3.63, 3.8) is 0 Å². The Morgan fingerprint density at radius 3 is 2.07 bits per heavy atom. The van der Waals surface area contributed by atoms with E-state index >= 15 is 0 Å². The highest BCUT2D eigenvalue weighted by molar-refractivity contribution is 5.31. The first-order valence-electron chi connectivity index (χ1n) is 5.57. The molecule has 1 aromatic rings. The van der Waals surface area contributed by atoms with Crippen molar-refractivity contribution >= 4 is 0 Å². The lowest BCUT2D eigenvalue weighted by Gasteiger charge is -2.26. The molecule has 0 radical (unpaired) electrons. The Morgan fingerprint density at radius 2 is 1.64 bits per heavy atom. The zero-order chi connectivity index (χ0) is 10.2. The Hall–Kier alpha value is -0.780. The van der Waals surface area contributed by atoms with E-state index < -0.39 is 0 Å². The van der Waals surface area contributed by atoms with Gasteiger partial charge in [0.2, 0.25) is 0 Å². The largest absolute Gasteiger partial charge is 0.0622 e. The van der Waals surface area contributed by atoms with Crippen LogP contribution in [0.1, 0.15) is 45.6 Å². The summed E-state index contributed by atoms with van der Waals surface area (Å²) < 4.78 is 0. The van der Waals surface area contributed by atoms with Crippen LogP contribution in [0.4, 0.5) is 0 Å². The van der Waals surface area contributed by atoms with E-state index in [9.17, 15) is 0 Å². The van der Waals surface area contributed by atoms with Gasteiger partial charge in [-0.3, -0.25) is 0 Å². The van der Waals surface area contributed by atoms with Crippen LogP contribution in [0, 0.1) is 5.41 Å². The van der Waals surface area contributed by atoms with Crippen molar-refractivity contribution in [2.24, 2.45) is 5.41 Å². The van der Waals surface area contributed by atoms with Crippen LogP contribution in [-0.4, -0.2) is 0 Å². The first-order valence-corrected chi connectivity index (χ1v) is 5.57. The first-order chi connectivity index (χ1) is 6.52. The molecule has 0 bridgehead atoms. The summed E-state index contributed by atoms with van der Waals surface area (Å²) in [4.78, 5) is 0. The van der Waals surface area contributed by atoms with Crippen molar-refractivity contribution < 1.29 is 0 Å². The summed E-state index contributed by atoms with van der Waals surface area (Å²) in [7, 11) is 0. The van der Waals surface area contributed by atoms with Gasteiger partial charge in [-0.25, -0.2) is 0 Å². The summed E-state index contributed by atoms with van der Waals surface area (Å²) in [5.41, 5.74) is 2.53. The van der Waals surface area contributed by atoms with E-state index in [2.05, 4.69) is 51.1 Å². The van der Waals surface area contributed by atoms with Crippen LogP contribution < -0.4 is 0 Å². The summed E-state index contributed by atoms with van der Waals surface area (Å²) in [6.07, 6.45) is 4.09. The Labute approximate surface area is 87.3 Å². The normalized spacial score (nSPS) is 19.4. The molecule has 0 spiro atoms. The number of benzene rings is 1. The van der Waals surface area contributed by atoms with Crippen molar-refractivity contribution in [2.75, 3.05) is 0 Å². The molecule has 1 aromatic carbocycles. The summed E-state index contributed by atoms with van der Waals surface area (Å²) >= 11 is 0. The van der Waals surface area contributed by atoms with Crippen LogP contribution in [-0.2, 0) is 5.41 Å². The molecule has 0 nitrogen and oxygen atoms in total. The third kappa shape index (κ3) is 2.00. The molecule has 76 valence electrons. The highest BCUT2D eigenvalue weighted by Crippen LogP contribution is 2.54. The van der Waals surface area contributed by atoms with Crippen LogP contribution >= 0.6 is 0 Å². The molecule has 0 heteroatoms. The van der Waals surface area contributed by atoms with E-state index in [0.717, 1.165) is 0 Å². The Kier molecular flexibility index (Phi) is 2.17. The Morgan fingerprint density at radius 1 is 1.07 bits per heavy atom. The molecule has 14 heavy (non-hydrogen) atoms. The van der Waals surface area contributed by atoms with Crippen LogP contribution in [0.15, 0.2) is 30.3 Å². The van der Waals surface area contributed by atoms with Crippen LogP contribution in [0.5, 0.6) is 0 Å². The molecular weight excluding hydrogens is 168 g/mol. The molecule has 0 heterocycles. The van der Waals surface area contributed by atoms with Gasteiger partial charge in [0.05, 0.1) is 0 Å². The second-order valence-electron chi connectivity index (χ2n) is 5.88. The van der Waals surface area contributed by atoms with Crippen molar-refractivity contribution in [2.45, 2.75) is 45.4 Å². The van der Waals surface area contributed by atoms with E-state index in [-0.39, 0.29) is 0 Å². The van der Waals surface area contributed by atoms with Crippen molar-refractivity contribution in [1.82, 2.24) is 0 Å². The minimum Gasteiger partial charge on any atom is -0.0622 e. The Balaban J connectivity index is 2.18. The molecule has 0 aliphatic heterocycles. The third-order valence-electron chi connectivity index (χ3n) is 3.11. The second kappa shape index (κ2) is 3.12. The lowest BCUT2D eigenvalue weighted by atomic mass is 9.79. The van der Waals surface area contributed by atoms with Gasteiger partial charge >= 0.3 is 0 Å². The second-order valence-corrected chi connectivity index (χ2v) is 5.88. The van der Waals surface area contributed by atoms with E-state index in [1.807, 2.05) is 0 Å². The van der Waals surface area contributed by atoms with Gasteiger partial charge in [0.15, 0.2) is 0 Å². The lowest BCUT2D eigenvalue weighted by molar-refractivity contribution is 0.329. The van der Waals surface area contributed by atoms with E-state index in [1.165, 1.54) is 19.3 Å². The molecule has 1 aliphatic rings. The summed E-state index contributed by atoms with van der Waals surface area (Å²) in [6, 6.07) is 11.0. The van der Waals surface area contributed by atoms with Gasteiger partial charge in [0.1, 0.15) is 0 Å². The van der Waals surface area contributed by atoms with Gasteiger partial charge in [0, 0.05) is 0 Å². The zero-order valence-corrected chi connectivity index (χ0v) is 9.51. The minimum absolute atomic E-state index is 0.451. The maximum Gasteiger partial charge on any atom is -0.00414 e. The minimum atomic E-state index is 0.451. The molecular formula is C14H20. The van der Waals surface area contributed by atoms with Gasteiger partial charge in [0.25, 0.3) is 0 Å². The molecule has 0 aromatic heterocycles. The fourth-order valence-electron chi connectivity index (χ4n) is 2.53. The summed E-state index contributed by atoms with van der Waals surface area (Å²) in [5, 5.41) is 0. The topological polar surface area (TPSA) is 0 Å². The molecule has 0 amide bonds. The molecule has 0 saturated heterocycles. The quantitative estimate of drug-likeness (QED) is 0.654. The average Bonchev–Trinajstić information content (AvgIpc) is 2.85. The molecule has 0 atom stereocenters. The molecule has 1 saturated carbocycles. The highest BCUT2D eigenvalue weighted by Gasteiger charge is 2.46. The molecule has 1 aliphatic carbocycles. The standard InChI is InChI=1S/C14H20/c1-13(2,3)11-14(9-10-14)12-7-5-4-6-8-12/h4-8H,9-11H2,1-3H3. The lowest BCUT2D eigenvalue weighted by Crippen LogP contribution is -2.17. The van der Waals surface area contributed by atoms with Gasteiger partial charge in [-0.15, -0.1) is 0 Å². The third-order valence-corrected chi connectivity index (χ3v) is 3.11. The predicted molar refractivity (Wildman–Crippen MR) is 61.4 cm³/mol. The predicted octanol–water partition coefficient (Wildman–Crippen LogP) is 4.15. The monoisotopic (exact) mass is 188 g/mol. The maximum atomic E-state index is 2.34. The van der Waals surface area contributed by atoms with Crippen molar-refractivity contribution in [3.8, 4) is 0 Å². The molecule has 0 N–H and O–H groups in total. The van der Waals surface area contributed by atoms with Crippen molar-refractivity contribution in [1.29, 1.82) is 0 Å². The Bertz CT molecular complexity index is 299. The number of hydrogen-bond donors (Lipinski definition) is 0.